The summed E-state index contributed by atoms with van der Waals surface area (Å²) in [7, 11) is 0. The van der Waals surface area contributed by atoms with Gasteiger partial charge in [0.25, 0.3) is 0 Å². The molecule has 0 heterocycles. The Bertz CT molecular complexity index is 517. The minimum atomic E-state index is -0.796. The van der Waals surface area contributed by atoms with Gasteiger partial charge in [-0.05, 0) is 18.4 Å². The van der Waals surface area contributed by atoms with Gasteiger partial charge in [0.1, 0.15) is 0 Å². The van der Waals surface area contributed by atoms with E-state index in [0.29, 0.717) is 13.0 Å². The average Bonchev–Trinajstić information content (AvgIpc) is 2.50. The van der Waals surface area contributed by atoms with E-state index in [1.165, 1.54) is 6.92 Å². The summed E-state index contributed by atoms with van der Waals surface area (Å²) < 4.78 is 0. The number of carbonyl (C=O) groups excluding carboxylic acids is 2. The molecule has 0 fully saturated rings. The van der Waals surface area contributed by atoms with Crippen molar-refractivity contribution in [2.45, 2.75) is 45.1 Å². The van der Waals surface area contributed by atoms with Crippen molar-refractivity contribution in [2.75, 3.05) is 6.54 Å². The van der Waals surface area contributed by atoms with Crippen LogP contribution in [-0.4, -0.2) is 29.4 Å². The molecule has 1 atom stereocenters. The SMILES string of the molecule is CC(=O)NC(CC(=O)NCCCCCC(=O)O)c1ccccc1. The second-order valence-electron chi connectivity index (χ2n) is 5.42. The van der Waals surface area contributed by atoms with Crippen LogP contribution in [0.15, 0.2) is 30.3 Å². The molecule has 6 nitrogen and oxygen atoms in total. The first kappa shape index (κ1) is 18.7. The molecule has 0 saturated heterocycles. The lowest BCUT2D eigenvalue weighted by atomic mass is 10.0. The van der Waals surface area contributed by atoms with Crippen molar-refractivity contribution in [2.24, 2.45) is 0 Å². The van der Waals surface area contributed by atoms with Crippen LogP contribution in [-0.2, 0) is 14.4 Å². The Morgan fingerprint density at radius 3 is 2.39 bits per heavy atom. The zero-order valence-electron chi connectivity index (χ0n) is 13.4. The van der Waals surface area contributed by atoms with Crippen LogP contribution in [0, 0.1) is 0 Å². The third-order valence-electron chi connectivity index (χ3n) is 3.36. The van der Waals surface area contributed by atoms with Gasteiger partial charge in [-0.15, -0.1) is 0 Å². The summed E-state index contributed by atoms with van der Waals surface area (Å²) in [6, 6.07) is 9.01. The predicted octanol–water partition coefficient (Wildman–Crippen LogP) is 2.02. The van der Waals surface area contributed by atoms with Crippen molar-refractivity contribution in [3.8, 4) is 0 Å². The van der Waals surface area contributed by atoms with Crippen LogP contribution in [0.1, 0.15) is 50.6 Å². The molecule has 0 aromatic heterocycles. The number of carboxylic acid groups (broad SMARTS) is 1. The molecule has 0 aliphatic rings. The molecular formula is C17H24N2O4. The molecular weight excluding hydrogens is 296 g/mol. The molecule has 126 valence electrons. The van der Waals surface area contributed by atoms with Gasteiger partial charge in [-0.3, -0.25) is 14.4 Å². The highest BCUT2D eigenvalue weighted by atomic mass is 16.4. The van der Waals surface area contributed by atoms with E-state index in [-0.39, 0.29) is 30.7 Å². The molecule has 1 rings (SSSR count). The summed E-state index contributed by atoms with van der Waals surface area (Å²) in [5, 5.41) is 14.1. The molecule has 1 unspecified atom stereocenters. The lowest BCUT2D eigenvalue weighted by Crippen LogP contribution is -2.33. The zero-order valence-corrected chi connectivity index (χ0v) is 13.4. The van der Waals surface area contributed by atoms with E-state index >= 15 is 0 Å². The van der Waals surface area contributed by atoms with Gasteiger partial charge in [0, 0.05) is 19.9 Å². The van der Waals surface area contributed by atoms with Gasteiger partial charge in [-0.2, -0.15) is 0 Å². The number of nitrogens with one attached hydrogen (secondary N) is 2. The van der Waals surface area contributed by atoms with Gasteiger partial charge in [-0.1, -0.05) is 36.8 Å². The van der Waals surface area contributed by atoms with Crippen LogP contribution in [0.3, 0.4) is 0 Å². The first-order valence-corrected chi connectivity index (χ1v) is 7.79. The summed E-state index contributed by atoms with van der Waals surface area (Å²) in [5.41, 5.74) is 0.888. The Balaban J connectivity index is 2.36. The molecule has 1 aromatic rings. The lowest BCUT2D eigenvalue weighted by Gasteiger charge is -2.18. The Hall–Kier alpha value is -2.37. The number of rotatable bonds is 10. The van der Waals surface area contributed by atoms with Gasteiger partial charge >= 0.3 is 5.97 Å². The Labute approximate surface area is 136 Å². The molecule has 2 amide bonds. The minimum Gasteiger partial charge on any atom is -0.481 e. The van der Waals surface area contributed by atoms with Gasteiger partial charge in [0.2, 0.25) is 11.8 Å². The van der Waals surface area contributed by atoms with E-state index in [9.17, 15) is 14.4 Å². The average molecular weight is 320 g/mol. The van der Waals surface area contributed by atoms with Crippen molar-refractivity contribution in [3.63, 3.8) is 0 Å². The largest absolute Gasteiger partial charge is 0.481 e. The van der Waals surface area contributed by atoms with Crippen LogP contribution < -0.4 is 10.6 Å². The molecule has 23 heavy (non-hydrogen) atoms. The third kappa shape index (κ3) is 8.60. The molecule has 0 radical (unpaired) electrons. The number of carbonyl (C=O) groups is 3. The third-order valence-corrected chi connectivity index (χ3v) is 3.36. The van der Waals surface area contributed by atoms with Gasteiger partial charge in [0.05, 0.1) is 12.5 Å². The van der Waals surface area contributed by atoms with Gasteiger partial charge in [0.15, 0.2) is 0 Å². The van der Waals surface area contributed by atoms with Crippen LogP contribution in [0.25, 0.3) is 0 Å². The number of carboxylic acids is 1. The molecule has 0 aliphatic carbocycles. The van der Waals surface area contributed by atoms with Crippen LogP contribution in [0.5, 0.6) is 0 Å². The fraction of sp³-hybridized carbons (Fsp3) is 0.471. The van der Waals surface area contributed by atoms with E-state index < -0.39 is 5.97 Å². The fourth-order valence-corrected chi connectivity index (χ4v) is 2.25. The van der Waals surface area contributed by atoms with E-state index in [1.54, 1.807) is 0 Å². The van der Waals surface area contributed by atoms with Crippen molar-refractivity contribution >= 4 is 17.8 Å². The lowest BCUT2D eigenvalue weighted by molar-refractivity contribution is -0.137. The summed E-state index contributed by atoms with van der Waals surface area (Å²) in [4.78, 5) is 33.7. The first-order valence-electron chi connectivity index (χ1n) is 7.79. The number of hydrogen-bond acceptors (Lipinski definition) is 3. The highest BCUT2D eigenvalue weighted by Crippen LogP contribution is 2.16. The minimum absolute atomic E-state index is 0.133. The maximum absolute atomic E-state index is 12.0. The number of hydrogen-bond donors (Lipinski definition) is 3. The van der Waals surface area contributed by atoms with Gasteiger partial charge < -0.3 is 15.7 Å². The number of benzene rings is 1. The van der Waals surface area contributed by atoms with Crippen molar-refractivity contribution < 1.29 is 19.5 Å². The van der Waals surface area contributed by atoms with Crippen LogP contribution in [0.2, 0.25) is 0 Å². The topological polar surface area (TPSA) is 95.5 Å². The maximum Gasteiger partial charge on any atom is 0.303 e. The van der Waals surface area contributed by atoms with E-state index in [4.69, 9.17) is 5.11 Å². The Morgan fingerprint density at radius 2 is 1.78 bits per heavy atom. The first-order chi connectivity index (χ1) is 11.0. The summed E-state index contributed by atoms with van der Waals surface area (Å²) in [6.45, 7) is 1.94. The highest BCUT2D eigenvalue weighted by molar-refractivity contribution is 5.79. The predicted molar refractivity (Wildman–Crippen MR) is 86.7 cm³/mol. The summed E-state index contributed by atoms with van der Waals surface area (Å²) in [6.07, 6.45) is 2.46. The van der Waals surface area contributed by atoms with Crippen LogP contribution in [0.4, 0.5) is 0 Å². The van der Waals surface area contributed by atoms with Gasteiger partial charge in [-0.25, -0.2) is 0 Å². The molecule has 0 aliphatic heterocycles. The normalized spacial score (nSPS) is 11.5. The summed E-state index contributed by atoms with van der Waals surface area (Å²) in [5.74, 6) is -1.11. The Kier molecular flexibility index (Phi) is 8.42. The molecule has 6 heteroatoms. The quantitative estimate of drug-likeness (QED) is 0.575. The van der Waals surface area contributed by atoms with Crippen LogP contribution >= 0.6 is 0 Å². The maximum atomic E-state index is 12.0. The molecule has 3 N–H and O–H groups in total. The Morgan fingerprint density at radius 1 is 1.09 bits per heavy atom. The smallest absolute Gasteiger partial charge is 0.303 e. The number of aliphatic carboxylic acids is 1. The molecule has 0 bridgehead atoms. The summed E-state index contributed by atoms with van der Waals surface area (Å²) >= 11 is 0. The zero-order chi connectivity index (χ0) is 17.1. The van der Waals surface area contributed by atoms with E-state index in [0.717, 1.165) is 18.4 Å². The number of amides is 2. The monoisotopic (exact) mass is 320 g/mol. The van der Waals surface area contributed by atoms with Crippen molar-refractivity contribution in [3.05, 3.63) is 35.9 Å². The highest BCUT2D eigenvalue weighted by Gasteiger charge is 2.16. The molecule has 0 saturated carbocycles. The molecule has 0 spiro atoms. The van der Waals surface area contributed by atoms with E-state index in [2.05, 4.69) is 10.6 Å². The number of unbranched alkanes of at least 4 members (excludes halogenated alkanes) is 2. The van der Waals surface area contributed by atoms with E-state index in [1.807, 2.05) is 30.3 Å². The standard InChI is InChI=1S/C17H24N2O4/c1-13(20)19-15(14-8-4-2-5-9-14)12-16(21)18-11-7-3-6-10-17(22)23/h2,4-5,8-9,15H,3,6-7,10-12H2,1H3,(H,18,21)(H,19,20)(H,22,23). The fourth-order valence-electron chi connectivity index (χ4n) is 2.25. The second-order valence-corrected chi connectivity index (χ2v) is 5.42. The van der Waals surface area contributed by atoms with Crippen molar-refractivity contribution in [1.82, 2.24) is 10.6 Å². The second kappa shape index (κ2) is 10.4. The van der Waals surface area contributed by atoms with Crippen molar-refractivity contribution in [1.29, 1.82) is 0 Å². The molecule has 1 aromatic carbocycles.